The second-order valence-corrected chi connectivity index (χ2v) is 6.12. The molecule has 0 saturated heterocycles. The van der Waals surface area contributed by atoms with Crippen molar-refractivity contribution in [3.8, 4) is 5.75 Å². The zero-order valence-electron chi connectivity index (χ0n) is 12.7. The van der Waals surface area contributed by atoms with E-state index in [4.69, 9.17) is 4.74 Å². The van der Waals surface area contributed by atoms with E-state index in [9.17, 15) is 4.79 Å². The molecule has 0 saturated carbocycles. The molecule has 116 valence electrons. The van der Waals surface area contributed by atoms with Crippen LogP contribution in [0, 0.1) is 3.57 Å². The summed E-state index contributed by atoms with van der Waals surface area (Å²) < 4.78 is 6.50. The van der Waals surface area contributed by atoms with E-state index >= 15 is 0 Å². The number of nitrogens with one attached hydrogen (secondary N) is 1. The van der Waals surface area contributed by atoms with Crippen LogP contribution in [0.3, 0.4) is 0 Å². The molecule has 2 aromatic rings. The van der Waals surface area contributed by atoms with E-state index in [1.165, 1.54) is 0 Å². The number of urea groups is 1. The molecule has 0 aliphatic carbocycles. The van der Waals surface area contributed by atoms with Gasteiger partial charge in [0.2, 0.25) is 0 Å². The first-order valence-corrected chi connectivity index (χ1v) is 8.16. The van der Waals surface area contributed by atoms with Crippen molar-refractivity contribution in [2.45, 2.75) is 13.5 Å². The van der Waals surface area contributed by atoms with Gasteiger partial charge in [-0.05, 0) is 65.4 Å². The molecule has 0 unspecified atom stereocenters. The number of anilines is 1. The maximum absolute atomic E-state index is 12.2. The van der Waals surface area contributed by atoms with Crippen LogP contribution in [0.1, 0.15) is 12.5 Å². The van der Waals surface area contributed by atoms with E-state index in [2.05, 4.69) is 27.9 Å². The summed E-state index contributed by atoms with van der Waals surface area (Å²) >= 11 is 2.22. The number of nitrogens with zero attached hydrogens (tertiary/aromatic N) is 1. The lowest BCUT2D eigenvalue weighted by Crippen LogP contribution is -2.30. The quantitative estimate of drug-likeness (QED) is 0.745. The van der Waals surface area contributed by atoms with Gasteiger partial charge in [0.05, 0.1) is 6.61 Å². The summed E-state index contributed by atoms with van der Waals surface area (Å²) in [6.45, 7) is 3.15. The highest BCUT2D eigenvalue weighted by Gasteiger charge is 2.09. The lowest BCUT2D eigenvalue weighted by molar-refractivity contribution is 0.220. The van der Waals surface area contributed by atoms with Crippen LogP contribution in [0.2, 0.25) is 0 Å². The second-order valence-electron chi connectivity index (χ2n) is 4.87. The molecule has 2 rings (SSSR count). The van der Waals surface area contributed by atoms with Crippen LogP contribution in [-0.4, -0.2) is 24.6 Å². The van der Waals surface area contributed by atoms with Crippen LogP contribution in [0.4, 0.5) is 10.5 Å². The van der Waals surface area contributed by atoms with Gasteiger partial charge in [0.1, 0.15) is 5.75 Å². The third-order valence-electron chi connectivity index (χ3n) is 3.08. The van der Waals surface area contributed by atoms with Crippen molar-refractivity contribution in [2.75, 3.05) is 19.0 Å². The fourth-order valence-corrected chi connectivity index (χ4v) is 2.53. The van der Waals surface area contributed by atoms with E-state index < -0.39 is 0 Å². The first-order chi connectivity index (χ1) is 10.6. The van der Waals surface area contributed by atoms with E-state index in [-0.39, 0.29) is 6.03 Å². The third-order valence-corrected chi connectivity index (χ3v) is 3.75. The summed E-state index contributed by atoms with van der Waals surface area (Å²) in [6, 6.07) is 15.4. The Kier molecular flexibility index (Phi) is 6.06. The minimum absolute atomic E-state index is 0.129. The molecule has 2 amide bonds. The van der Waals surface area contributed by atoms with Crippen LogP contribution in [0.5, 0.6) is 5.75 Å². The minimum atomic E-state index is -0.129. The highest BCUT2D eigenvalue weighted by molar-refractivity contribution is 14.1. The Hall–Kier alpha value is -1.76. The van der Waals surface area contributed by atoms with Crippen molar-refractivity contribution in [1.82, 2.24) is 4.90 Å². The van der Waals surface area contributed by atoms with Crippen LogP contribution >= 0.6 is 22.6 Å². The standard InChI is InChI=1S/C17H19IN2O2/c1-3-22-16-9-7-13(8-10-16)12-20(2)17(21)19-15-6-4-5-14(18)11-15/h4-11H,3,12H2,1-2H3,(H,19,21). The van der Waals surface area contributed by atoms with Gasteiger partial charge in [-0.15, -0.1) is 0 Å². The zero-order valence-corrected chi connectivity index (χ0v) is 14.8. The lowest BCUT2D eigenvalue weighted by Gasteiger charge is -2.18. The van der Waals surface area contributed by atoms with Gasteiger partial charge in [0.15, 0.2) is 0 Å². The van der Waals surface area contributed by atoms with Gasteiger partial charge in [-0.25, -0.2) is 4.79 Å². The number of ether oxygens (including phenoxy) is 1. The molecule has 0 fully saturated rings. The number of amides is 2. The van der Waals surface area contributed by atoms with Gasteiger partial charge in [-0.3, -0.25) is 0 Å². The monoisotopic (exact) mass is 410 g/mol. The highest BCUT2D eigenvalue weighted by atomic mass is 127. The second kappa shape index (κ2) is 8.03. The minimum Gasteiger partial charge on any atom is -0.494 e. The maximum atomic E-state index is 12.2. The summed E-state index contributed by atoms with van der Waals surface area (Å²) in [7, 11) is 1.78. The molecule has 2 aromatic carbocycles. The van der Waals surface area contributed by atoms with Gasteiger partial charge in [-0.2, -0.15) is 0 Å². The van der Waals surface area contributed by atoms with Crippen molar-refractivity contribution >= 4 is 34.3 Å². The van der Waals surface area contributed by atoms with E-state index in [0.717, 1.165) is 20.6 Å². The predicted octanol–water partition coefficient (Wildman–Crippen LogP) is 4.35. The number of halogens is 1. The molecule has 0 spiro atoms. The summed E-state index contributed by atoms with van der Waals surface area (Å²) in [5.41, 5.74) is 1.86. The van der Waals surface area contributed by atoms with Gasteiger partial charge < -0.3 is 15.0 Å². The predicted molar refractivity (Wildman–Crippen MR) is 97.3 cm³/mol. The lowest BCUT2D eigenvalue weighted by atomic mass is 10.2. The van der Waals surface area contributed by atoms with Crippen molar-refractivity contribution in [3.63, 3.8) is 0 Å². The fraction of sp³-hybridized carbons (Fsp3) is 0.235. The first-order valence-electron chi connectivity index (χ1n) is 7.08. The summed E-state index contributed by atoms with van der Waals surface area (Å²) in [6.07, 6.45) is 0. The van der Waals surface area contributed by atoms with Crippen LogP contribution in [0.15, 0.2) is 48.5 Å². The molecule has 5 heteroatoms. The van der Waals surface area contributed by atoms with Gasteiger partial charge in [0, 0.05) is 22.8 Å². The van der Waals surface area contributed by atoms with Gasteiger partial charge in [-0.1, -0.05) is 18.2 Å². The van der Waals surface area contributed by atoms with Crippen molar-refractivity contribution in [3.05, 3.63) is 57.7 Å². The molecule has 22 heavy (non-hydrogen) atoms. The first kappa shape index (κ1) is 16.6. The maximum Gasteiger partial charge on any atom is 0.321 e. The number of benzene rings is 2. The molecule has 0 aliphatic rings. The number of carbonyl (C=O) groups excluding carboxylic acids is 1. The molecule has 0 bridgehead atoms. The number of rotatable bonds is 5. The van der Waals surface area contributed by atoms with Crippen molar-refractivity contribution < 1.29 is 9.53 Å². The fourth-order valence-electron chi connectivity index (χ4n) is 1.99. The smallest absolute Gasteiger partial charge is 0.321 e. The Labute approximate surface area is 144 Å². The van der Waals surface area contributed by atoms with Crippen LogP contribution in [-0.2, 0) is 6.54 Å². The normalized spacial score (nSPS) is 10.1. The van der Waals surface area contributed by atoms with Gasteiger partial charge >= 0.3 is 6.03 Å². The Bertz CT molecular complexity index is 629. The van der Waals surface area contributed by atoms with Crippen molar-refractivity contribution in [2.24, 2.45) is 0 Å². The van der Waals surface area contributed by atoms with Gasteiger partial charge in [0.25, 0.3) is 0 Å². The van der Waals surface area contributed by atoms with E-state index in [0.29, 0.717) is 13.2 Å². The summed E-state index contributed by atoms with van der Waals surface area (Å²) in [5, 5.41) is 2.89. The summed E-state index contributed by atoms with van der Waals surface area (Å²) in [4.78, 5) is 13.8. The molecule has 0 atom stereocenters. The number of carbonyl (C=O) groups is 1. The third kappa shape index (κ3) is 4.91. The van der Waals surface area contributed by atoms with Crippen LogP contribution in [0.25, 0.3) is 0 Å². The molecule has 0 radical (unpaired) electrons. The van der Waals surface area contributed by atoms with E-state index in [1.54, 1.807) is 11.9 Å². The number of hydrogen-bond donors (Lipinski definition) is 1. The Morgan fingerprint density at radius 2 is 1.95 bits per heavy atom. The summed E-state index contributed by atoms with van der Waals surface area (Å²) in [5.74, 6) is 0.845. The molecule has 4 nitrogen and oxygen atoms in total. The van der Waals surface area contributed by atoms with E-state index in [1.807, 2.05) is 55.5 Å². The highest BCUT2D eigenvalue weighted by Crippen LogP contribution is 2.15. The Morgan fingerprint density at radius 3 is 2.59 bits per heavy atom. The Morgan fingerprint density at radius 1 is 1.23 bits per heavy atom. The number of hydrogen-bond acceptors (Lipinski definition) is 2. The average molecular weight is 410 g/mol. The average Bonchev–Trinajstić information content (AvgIpc) is 2.49. The largest absolute Gasteiger partial charge is 0.494 e. The Balaban J connectivity index is 1.93. The van der Waals surface area contributed by atoms with Crippen molar-refractivity contribution in [1.29, 1.82) is 0 Å². The SMILES string of the molecule is CCOc1ccc(CN(C)C(=O)Nc2cccc(I)c2)cc1. The molecular weight excluding hydrogens is 391 g/mol. The van der Waals surface area contributed by atoms with Crippen LogP contribution < -0.4 is 10.1 Å². The molecule has 1 N–H and O–H groups in total. The zero-order chi connectivity index (χ0) is 15.9. The molecule has 0 heterocycles. The molecule has 0 aliphatic heterocycles. The molecular formula is C17H19IN2O2. The topological polar surface area (TPSA) is 41.6 Å². The molecule has 0 aromatic heterocycles.